The van der Waals surface area contributed by atoms with Gasteiger partial charge in [-0.15, -0.1) is 11.3 Å². The molecule has 1 atom stereocenters. The van der Waals surface area contributed by atoms with Crippen molar-refractivity contribution < 1.29 is 9.53 Å². The van der Waals surface area contributed by atoms with E-state index in [0.29, 0.717) is 6.54 Å². The first-order valence-corrected chi connectivity index (χ1v) is 9.42. The maximum absolute atomic E-state index is 12.0. The molecule has 2 N–H and O–H groups in total. The molecule has 0 aliphatic heterocycles. The van der Waals surface area contributed by atoms with Crippen molar-refractivity contribution in [3.05, 3.63) is 21.9 Å². The van der Waals surface area contributed by atoms with Crippen molar-refractivity contribution in [2.45, 2.75) is 46.8 Å². The molecule has 0 spiro atoms. The van der Waals surface area contributed by atoms with E-state index in [9.17, 15) is 4.79 Å². The molecule has 0 aliphatic carbocycles. The van der Waals surface area contributed by atoms with Gasteiger partial charge in [0.25, 0.3) is 0 Å². The van der Waals surface area contributed by atoms with Crippen LogP contribution in [0.1, 0.15) is 38.1 Å². The highest BCUT2D eigenvalue weighted by Gasteiger charge is 2.20. The lowest BCUT2D eigenvalue weighted by molar-refractivity contribution is 0.0278. The first-order chi connectivity index (χ1) is 11.6. The Morgan fingerprint density at radius 1 is 1.40 bits per heavy atom. The Hall–Kier alpha value is -1.76. The number of nitrogens with zero attached hydrogens (tertiary/aromatic N) is 2. The zero-order valence-electron chi connectivity index (χ0n) is 16.5. The van der Waals surface area contributed by atoms with Gasteiger partial charge >= 0.3 is 6.09 Å². The average Bonchev–Trinajstić information content (AvgIpc) is 2.91. The SMILES string of the molecule is CN=C(NCc1sccc1C)NCC(C)CN(C)C(=O)OC(C)(C)C. The van der Waals surface area contributed by atoms with E-state index in [1.165, 1.54) is 10.4 Å². The summed E-state index contributed by atoms with van der Waals surface area (Å²) in [5.41, 5.74) is 0.818. The Morgan fingerprint density at radius 2 is 2.08 bits per heavy atom. The van der Waals surface area contributed by atoms with Crippen molar-refractivity contribution in [3.63, 3.8) is 0 Å². The summed E-state index contributed by atoms with van der Waals surface area (Å²) in [4.78, 5) is 19.2. The third-order valence-corrected chi connectivity index (χ3v) is 4.54. The van der Waals surface area contributed by atoms with Crippen molar-refractivity contribution in [3.8, 4) is 0 Å². The van der Waals surface area contributed by atoms with Crippen molar-refractivity contribution in [1.29, 1.82) is 0 Å². The molecule has 1 amide bonds. The molecule has 0 fully saturated rings. The summed E-state index contributed by atoms with van der Waals surface area (Å²) < 4.78 is 5.37. The summed E-state index contributed by atoms with van der Waals surface area (Å²) in [6, 6.07) is 2.12. The second-order valence-electron chi connectivity index (χ2n) is 7.30. The number of nitrogens with one attached hydrogen (secondary N) is 2. The van der Waals surface area contributed by atoms with E-state index in [4.69, 9.17) is 4.74 Å². The zero-order valence-corrected chi connectivity index (χ0v) is 17.3. The average molecular weight is 369 g/mol. The highest BCUT2D eigenvalue weighted by atomic mass is 32.1. The lowest BCUT2D eigenvalue weighted by Crippen LogP contribution is -2.42. The third kappa shape index (κ3) is 8.25. The number of ether oxygens (including phenoxy) is 1. The van der Waals surface area contributed by atoms with Crippen molar-refractivity contribution in [1.82, 2.24) is 15.5 Å². The third-order valence-electron chi connectivity index (χ3n) is 3.52. The molecule has 1 rings (SSSR count). The molecule has 1 heterocycles. The number of carbonyl (C=O) groups is 1. The highest BCUT2D eigenvalue weighted by molar-refractivity contribution is 7.10. The highest BCUT2D eigenvalue weighted by Crippen LogP contribution is 2.14. The van der Waals surface area contributed by atoms with Crippen LogP contribution in [0.2, 0.25) is 0 Å². The fraction of sp³-hybridized carbons (Fsp3) is 0.667. The first-order valence-electron chi connectivity index (χ1n) is 8.54. The van der Waals surface area contributed by atoms with Gasteiger partial charge < -0.3 is 20.3 Å². The van der Waals surface area contributed by atoms with Gasteiger partial charge in [0.15, 0.2) is 5.96 Å². The van der Waals surface area contributed by atoms with Crippen molar-refractivity contribution in [2.24, 2.45) is 10.9 Å². The van der Waals surface area contributed by atoms with Crippen LogP contribution in [0, 0.1) is 12.8 Å². The van der Waals surface area contributed by atoms with Crippen molar-refractivity contribution >= 4 is 23.4 Å². The van der Waals surface area contributed by atoms with Gasteiger partial charge in [0.1, 0.15) is 5.60 Å². The van der Waals surface area contributed by atoms with Gasteiger partial charge in [-0.3, -0.25) is 4.99 Å². The fourth-order valence-electron chi connectivity index (χ4n) is 2.19. The topological polar surface area (TPSA) is 66.0 Å². The predicted molar refractivity (Wildman–Crippen MR) is 105 cm³/mol. The predicted octanol–water partition coefficient (Wildman–Crippen LogP) is 3.22. The van der Waals surface area contributed by atoms with E-state index in [2.05, 4.69) is 40.9 Å². The number of thiophene rings is 1. The molecular weight excluding hydrogens is 336 g/mol. The molecule has 25 heavy (non-hydrogen) atoms. The van der Waals surface area contributed by atoms with Gasteiger partial charge in [-0.2, -0.15) is 0 Å². The number of hydrogen-bond acceptors (Lipinski definition) is 4. The Kier molecular flexibility index (Phi) is 8.22. The number of rotatable bonds is 6. The second kappa shape index (κ2) is 9.65. The monoisotopic (exact) mass is 368 g/mol. The molecule has 0 bridgehead atoms. The minimum atomic E-state index is -0.473. The van der Waals surface area contributed by atoms with Gasteiger partial charge in [-0.05, 0) is 50.6 Å². The van der Waals surface area contributed by atoms with Crippen LogP contribution in [0.5, 0.6) is 0 Å². The molecule has 0 saturated heterocycles. The standard InChI is InChI=1S/C18H32N4O2S/c1-13(12-22(7)17(23)24-18(3,4)5)10-20-16(19-6)21-11-15-14(2)8-9-25-15/h8-9,13H,10-12H2,1-7H3,(H2,19,20,21). The summed E-state index contributed by atoms with van der Waals surface area (Å²) in [7, 11) is 3.52. The normalized spacial score (nSPS) is 13.3. The number of amides is 1. The summed E-state index contributed by atoms with van der Waals surface area (Å²) in [5, 5.41) is 8.72. The summed E-state index contributed by atoms with van der Waals surface area (Å²) >= 11 is 1.74. The minimum Gasteiger partial charge on any atom is -0.444 e. The van der Waals surface area contributed by atoms with Gasteiger partial charge in [0.05, 0.1) is 6.54 Å². The van der Waals surface area contributed by atoms with Crippen molar-refractivity contribution in [2.75, 3.05) is 27.2 Å². The Bertz CT molecular complexity index is 578. The van der Waals surface area contributed by atoms with E-state index in [0.717, 1.165) is 19.0 Å². The van der Waals surface area contributed by atoms with E-state index in [1.54, 1.807) is 30.3 Å². The molecular formula is C18H32N4O2S. The van der Waals surface area contributed by atoms with Crippen LogP contribution in [-0.4, -0.2) is 49.7 Å². The number of aliphatic imine (C=N–C) groups is 1. The Balaban J connectivity index is 2.37. The molecule has 0 radical (unpaired) electrons. The van der Waals surface area contributed by atoms with E-state index >= 15 is 0 Å². The number of aryl methyl sites for hydroxylation is 1. The fourth-order valence-corrected chi connectivity index (χ4v) is 3.03. The molecule has 1 unspecified atom stereocenters. The minimum absolute atomic E-state index is 0.263. The largest absolute Gasteiger partial charge is 0.444 e. The van der Waals surface area contributed by atoms with E-state index < -0.39 is 5.60 Å². The summed E-state index contributed by atoms with van der Waals surface area (Å²) in [6.45, 7) is 11.9. The van der Waals surface area contributed by atoms with Crippen LogP contribution < -0.4 is 10.6 Å². The molecule has 7 heteroatoms. The van der Waals surface area contributed by atoms with Crippen LogP contribution in [0.4, 0.5) is 4.79 Å². The Labute approximate surface area is 155 Å². The molecule has 142 valence electrons. The van der Waals surface area contributed by atoms with E-state index in [-0.39, 0.29) is 12.0 Å². The van der Waals surface area contributed by atoms with Crippen LogP contribution in [-0.2, 0) is 11.3 Å². The molecule has 1 aromatic rings. The first kappa shape index (κ1) is 21.3. The maximum atomic E-state index is 12.0. The van der Waals surface area contributed by atoms with Gasteiger partial charge in [0, 0.05) is 32.1 Å². The van der Waals surface area contributed by atoms with Gasteiger partial charge in [0.2, 0.25) is 0 Å². The second-order valence-corrected chi connectivity index (χ2v) is 8.30. The van der Waals surface area contributed by atoms with Crippen LogP contribution in [0.25, 0.3) is 0 Å². The van der Waals surface area contributed by atoms with Gasteiger partial charge in [-0.25, -0.2) is 4.79 Å². The lowest BCUT2D eigenvalue weighted by atomic mass is 10.1. The van der Waals surface area contributed by atoms with Gasteiger partial charge in [-0.1, -0.05) is 6.92 Å². The smallest absolute Gasteiger partial charge is 0.410 e. The molecule has 1 aromatic heterocycles. The number of hydrogen-bond donors (Lipinski definition) is 2. The number of carbonyl (C=O) groups excluding carboxylic acids is 1. The molecule has 0 saturated carbocycles. The quantitative estimate of drug-likeness (QED) is 0.598. The molecule has 6 nitrogen and oxygen atoms in total. The summed E-state index contributed by atoms with van der Waals surface area (Å²) in [6.07, 6.45) is -0.296. The van der Waals surface area contributed by atoms with E-state index in [1.807, 2.05) is 20.8 Å². The lowest BCUT2D eigenvalue weighted by Gasteiger charge is -2.26. The Morgan fingerprint density at radius 3 is 2.60 bits per heavy atom. The maximum Gasteiger partial charge on any atom is 0.410 e. The number of guanidine groups is 1. The van der Waals surface area contributed by atoms with Crippen LogP contribution in [0.3, 0.4) is 0 Å². The van der Waals surface area contributed by atoms with Crippen LogP contribution >= 0.6 is 11.3 Å². The van der Waals surface area contributed by atoms with Crippen LogP contribution in [0.15, 0.2) is 16.4 Å². The summed E-state index contributed by atoms with van der Waals surface area (Å²) in [5.74, 6) is 1.03. The molecule has 0 aliphatic rings. The zero-order chi connectivity index (χ0) is 19.0. The molecule has 0 aromatic carbocycles.